The van der Waals surface area contributed by atoms with E-state index in [1.54, 1.807) is 13.4 Å². The number of aromatic amines is 1. The van der Waals surface area contributed by atoms with Crippen molar-refractivity contribution in [2.45, 2.75) is 27.3 Å². The number of aromatic nitrogens is 4. The van der Waals surface area contributed by atoms with Gasteiger partial charge in [0.1, 0.15) is 11.2 Å². The Morgan fingerprint density at radius 1 is 1.32 bits per heavy atom. The minimum absolute atomic E-state index is 0.251. The van der Waals surface area contributed by atoms with Crippen LogP contribution < -0.4 is 10.6 Å². The van der Waals surface area contributed by atoms with Crippen LogP contribution in [-0.4, -0.2) is 39.3 Å². The summed E-state index contributed by atoms with van der Waals surface area (Å²) in [6, 6.07) is 8.30. The number of imidazole rings is 1. The Hall–Kier alpha value is -3.39. The minimum Gasteiger partial charge on any atom is -0.449 e. The van der Waals surface area contributed by atoms with E-state index in [2.05, 4.69) is 41.2 Å². The topological polar surface area (TPSA) is 102 Å². The normalized spacial score (nSPS) is 11.6. The van der Waals surface area contributed by atoms with Crippen molar-refractivity contribution in [2.75, 3.05) is 18.6 Å². The van der Waals surface area contributed by atoms with Crippen LogP contribution in [0.4, 0.5) is 10.6 Å². The Labute approximate surface area is 181 Å². The maximum atomic E-state index is 12.6. The lowest BCUT2D eigenvalue weighted by Crippen LogP contribution is -2.29. The molecule has 3 aromatic heterocycles. The number of nitrogens with one attached hydrogen (secondary N) is 1. The predicted molar refractivity (Wildman–Crippen MR) is 123 cm³/mol. The molecule has 8 heteroatoms. The largest absolute Gasteiger partial charge is 0.449 e. The monoisotopic (exact) mass is 420 g/mol. The highest BCUT2D eigenvalue weighted by molar-refractivity contribution is 6.09. The lowest BCUT2D eigenvalue weighted by atomic mass is 10.0. The Balaban J connectivity index is 1.84. The van der Waals surface area contributed by atoms with Crippen LogP contribution in [0.1, 0.15) is 25.0 Å². The van der Waals surface area contributed by atoms with Gasteiger partial charge < -0.3 is 20.0 Å². The molecule has 0 aliphatic carbocycles. The second kappa shape index (κ2) is 8.03. The number of rotatable bonds is 5. The zero-order chi connectivity index (χ0) is 22.3. The van der Waals surface area contributed by atoms with E-state index in [4.69, 9.17) is 15.5 Å². The molecule has 0 saturated heterocycles. The number of nitrogens with two attached hydrogens (primary N) is 1. The molecule has 0 saturated carbocycles. The average molecular weight is 421 g/mol. The molecule has 0 spiro atoms. The van der Waals surface area contributed by atoms with Gasteiger partial charge in [-0.2, -0.15) is 0 Å². The summed E-state index contributed by atoms with van der Waals surface area (Å²) in [5.41, 5.74) is 12.4. The Morgan fingerprint density at radius 3 is 2.81 bits per heavy atom. The zero-order valence-electron chi connectivity index (χ0n) is 18.6. The molecule has 162 valence electrons. The van der Waals surface area contributed by atoms with Crippen molar-refractivity contribution in [3.05, 3.63) is 41.7 Å². The number of amides is 1. The summed E-state index contributed by atoms with van der Waals surface area (Å²) in [4.78, 5) is 26.6. The van der Waals surface area contributed by atoms with Crippen molar-refractivity contribution in [1.82, 2.24) is 19.5 Å². The van der Waals surface area contributed by atoms with Crippen molar-refractivity contribution in [2.24, 2.45) is 18.7 Å². The molecular weight excluding hydrogens is 392 g/mol. The molecule has 1 aromatic carbocycles. The van der Waals surface area contributed by atoms with Crippen LogP contribution in [0.15, 0.2) is 30.6 Å². The highest BCUT2D eigenvalue weighted by Gasteiger charge is 2.22. The Morgan fingerprint density at radius 2 is 2.10 bits per heavy atom. The van der Waals surface area contributed by atoms with Crippen molar-refractivity contribution in [1.29, 1.82) is 0 Å². The van der Waals surface area contributed by atoms with Gasteiger partial charge in [-0.3, -0.25) is 4.90 Å². The van der Waals surface area contributed by atoms with E-state index in [1.165, 1.54) is 10.5 Å². The molecule has 0 aliphatic heterocycles. The number of carbonyl (C=O) groups is 1. The number of hydrogen-bond donors (Lipinski definition) is 2. The fourth-order valence-corrected chi connectivity index (χ4v) is 3.65. The lowest BCUT2D eigenvalue weighted by Gasteiger charge is -2.17. The molecule has 0 aliphatic rings. The SMILES string of the molecule is Cc1ccc(-c2cc3c(nc(N(C)C(=O)OCC(C)C)c4ncn(C)c43)[nH]2)cc1CN. The molecule has 0 fully saturated rings. The van der Waals surface area contributed by atoms with Gasteiger partial charge in [-0.15, -0.1) is 0 Å². The molecule has 0 atom stereocenters. The quantitative estimate of drug-likeness (QED) is 0.506. The fraction of sp³-hybridized carbons (Fsp3) is 0.348. The van der Waals surface area contributed by atoms with Crippen LogP contribution in [0.25, 0.3) is 33.3 Å². The number of H-pyrrole nitrogens is 1. The standard InChI is InChI=1S/C23H28N6O2/c1-13(2)11-31-23(30)29(5)22-19-20(28(4)12-25-19)17-9-18(26-21(17)27-22)15-7-6-14(3)16(8-15)10-24/h6-9,12-13H,10-11,24H2,1-5H3,(H,26,27). The number of hydrogen-bond acceptors (Lipinski definition) is 5. The van der Waals surface area contributed by atoms with Crippen molar-refractivity contribution in [3.8, 4) is 11.3 Å². The van der Waals surface area contributed by atoms with Gasteiger partial charge in [-0.05, 0) is 41.7 Å². The second-order valence-electron chi connectivity index (χ2n) is 8.31. The number of fused-ring (bicyclic) bond motifs is 3. The predicted octanol–water partition coefficient (Wildman–Crippen LogP) is 4.11. The van der Waals surface area contributed by atoms with Crippen LogP contribution in [0, 0.1) is 12.8 Å². The molecular formula is C23H28N6O2. The fourth-order valence-electron chi connectivity index (χ4n) is 3.65. The van der Waals surface area contributed by atoms with E-state index in [9.17, 15) is 4.79 Å². The van der Waals surface area contributed by atoms with E-state index < -0.39 is 6.09 Å². The maximum Gasteiger partial charge on any atom is 0.415 e. The Kier molecular flexibility index (Phi) is 5.41. The third-order valence-corrected chi connectivity index (χ3v) is 5.43. The van der Waals surface area contributed by atoms with Crippen molar-refractivity contribution in [3.63, 3.8) is 0 Å². The maximum absolute atomic E-state index is 12.6. The number of benzene rings is 1. The summed E-state index contributed by atoms with van der Waals surface area (Å²) < 4.78 is 7.33. The number of carbonyl (C=O) groups excluding carboxylic acids is 1. The first-order valence-corrected chi connectivity index (χ1v) is 10.3. The van der Waals surface area contributed by atoms with Gasteiger partial charge >= 0.3 is 6.09 Å². The Bertz CT molecular complexity index is 1270. The number of ether oxygens (including phenoxy) is 1. The van der Waals surface area contributed by atoms with E-state index in [-0.39, 0.29) is 5.92 Å². The van der Waals surface area contributed by atoms with Gasteiger partial charge in [-0.25, -0.2) is 14.8 Å². The van der Waals surface area contributed by atoms with Crippen molar-refractivity contribution >= 4 is 34.0 Å². The van der Waals surface area contributed by atoms with E-state index in [1.807, 2.05) is 25.5 Å². The number of aryl methyl sites for hydroxylation is 2. The third-order valence-electron chi connectivity index (χ3n) is 5.43. The zero-order valence-corrected chi connectivity index (χ0v) is 18.6. The molecule has 0 unspecified atom stereocenters. The van der Waals surface area contributed by atoms with Gasteiger partial charge in [0.2, 0.25) is 0 Å². The van der Waals surface area contributed by atoms with Crippen LogP contribution in [0.2, 0.25) is 0 Å². The smallest absolute Gasteiger partial charge is 0.415 e. The summed E-state index contributed by atoms with van der Waals surface area (Å²) in [5.74, 6) is 0.707. The molecule has 4 rings (SSSR count). The molecule has 3 heterocycles. The number of nitrogens with zero attached hydrogens (tertiary/aromatic N) is 4. The van der Waals surface area contributed by atoms with E-state index in [0.29, 0.717) is 30.1 Å². The molecule has 8 nitrogen and oxygen atoms in total. The van der Waals surface area contributed by atoms with Gasteiger partial charge in [-0.1, -0.05) is 26.0 Å². The van der Waals surface area contributed by atoms with Crippen LogP contribution in [0.5, 0.6) is 0 Å². The summed E-state index contributed by atoms with van der Waals surface area (Å²) in [6.07, 6.45) is 1.28. The highest BCUT2D eigenvalue weighted by atomic mass is 16.6. The molecule has 1 amide bonds. The second-order valence-corrected chi connectivity index (χ2v) is 8.31. The van der Waals surface area contributed by atoms with Gasteiger partial charge in [0.25, 0.3) is 0 Å². The van der Waals surface area contributed by atoms with E-state index in [0.717, 1.165) is 27.7 Å². The lowest BCUT2D eigenvalue weighted by molar-refractivity contribution is 0.141. The number of anilines is 1. The highest BCUT2D eigenvalue weighted by Crippen LogP contribution is 2.33. The van der Waals surface area contributed by atoms with Crippen LogP contribution in [-0.2, 0) is 18.3 Å². The first-order chi connectivity index (χ1) is 14.8. The van der Waals surface area contributed by atoms with Gasteiger partial charge in [0.15, 0.2) is 5.82 Å². The average Bonchev–Trinajstić information content (AvgIpc) is 3.34. The van der Waals surface area contributed by atoms with E-state index >= 15 is 0 Å². The summed E-state index contributed by atoms with van der Waals surface area (Å²) in [7, 11) is 3.59. The first-order valence-electron chi connectivity index (χ1n) is 10.3. The molecule has 31 heavy (non-hydrogen) atoms. The van der Waals surface area contributed by atoms with Crippen molar-refractivity contribution < 1.29 is 9.53 Å². The summed E-state index contributed by atoms with van der Waals surface area (Å²) in [6.45, 7) is 6.88. The molecule has 3 N–H and O–H groups in total. The minimum atomic E-state index is -0.453. The van der Waals surface area contributed by atoms with Gasteiger partial charge in [0, 0.05) is 31.7 Å². The van der Waals surface area contributed by atoms with Crippen LogP contribution in [0.3, 0.4) is 0 Å². The first kappa shape index (κ1) is 20.9. The third kappa shape index (κ3) is 3.74. The summed E-state index contributed by atoms with van der Waals surface area (Å²) >= 11 is 0. The van der Waals surface area contributed by atoms with Gasteiger partial charge in [0.05, 0.1) is 18.5 Å². The summed E-state index contributed by atoms with van der Waals surface area (Å²) in [5, 5.41) is 0.938. The number of pyridine rings is 1. The van der Waals surface area contributed by atoms with Crippen LogP contribution >= 0.6 is 0 Å². The molecule has 4 aromatic rings. The molecule has 0 radical (unpaired) electrons. The molecule has 0 bridgehead atoms.